The van der Waals surface area contributed by atoms with E-state index in [0.29, 0.717) is 0 Å². The van der Waals surface area contributed by atoms with Crippen molar-refractivity contribution in [1.29, 1.82) is 0 Å². The smallest absolute Gasteiger partial charge is 0.252 e. The van der Waals surface area contributed by atoms with Crippen LogP contribution < -0.4 is 47.0 Å². The Labute approximate surface area is 828 Å². The summed E-state index contributed by atoms with van der Waals surface area (Å²) in [5.74, 6) is -0.132. The Kier molecular flexibility index (Phi) is 21.7. The third-order valence-corrected chi connectivity index (χ3v) is 32.5. The molecule has 14 aromatic rings. The van der Waals surface area contributed by atoms with Gasteiger partial charge in [0.05, 0.1) is 34.1 Å². The van der Waals surface area contributed by atoms with Crippen LogP contribution in [0.2, 0.25) is 0 Å². The lowest BCUT2D eigenvalue weighted by Gasteiger charge is -2.50. The number of para-hydroxylation sites is 7. The molecule has 2 aromatic heterocycles. The number of fused-ring (bicyclic) bond motifs is 13. The van der Waals surface area contributed by atoms with Gasteiger partial charge in [0.25, 0.3) is 6.71 Å². The summed E-state index contributed by atoms with van der Waals surface area (Å²) in [6.07, 6.45) is 76.5. The molecule has 13 aliphatic rings. The van der Waals surface area contributed by atoms with Gasteiger partial charge in [-0.3, -0.25) is 0 Å². The fourth-order valence-electron chi connectivity index (χ4n) is 26.4. The molecule has 3 N–H and O–H groups in total. The molecule has 0 spiro atoms. The van der Waals surface area contributed by atoms with Crippen molar-refractivity contribution in [3.05, 3.63) is 485 Å². The van der Waals surface area contributed by atoms with Crippen molar-refractivity contribution >= 4 is 125 Å². The number of nitrogens with one attached hydrogen (secondary N) is 3. The monoisotopic (exact) mass is 1820 g/mol. The predicted octanol–water partition coefficient (Wildman–Crippen LogP) is 30.4. The van der Waals surface area contributed by atoms with E-state index in [2.05, 4.69) is 465 Å². The lowest BCUT2D eigenvalue weighted by molar-refractivity contribution is 0.452. The van der Waals surface area contributed by atoms with E-state index in [-0.39, 0.29) is 48.6 Å². The topological polar surface area (TPSA) is 55.7 Å². The highest BCUT2D eigenvalue weighted by atomic mass is 15.2. The van der Waals surface area contributed by atoms with Crippen molar-refractivity contribution in [2.75, 3.05) is 25.3 Å². The van der Waals surface area contributed by atoms with Gasteiger partial charge in [-0.05, 0) is 253 Å². The highest BCUT2D eigenvalue weighted by molar-refractivity contribution is 7.00. The molecule has 27 rings (SSSR count). The summed E-state index contributed by atoms with van der Waals surface area (Å²) in [4.78, 5) is 8.70. The molecule has 8 unspecified atom stereocenters. The zero-order valence-corrected chi connectivity index (χ0v) is 79.7. The number of hydrogen-bond acceptors (Lipinski definition) is 6. The summed E-state index contributed by atoms with van der Waals surface area (Å²) >= 11 is 0. The number of aromatic nitrogens is 2. The van der Waals surface area contributed by atoms with Crippen LogP contribution in [-0.2, 0) is 12.8 Å². The minimum atomic E-state index is -0.447. The first kappa shape index (κ1) is 84.8. The van der Waals surface area contributed by atoms with E-state index in [9.17, 15) is 0 Å². The van der Waals surface area contributed by atoms with Crippen LogP contribution in [0.5, 0.6) is 0 Å². The molecule has 141 heavy (non-hydrogen) atoms. The number of anilines is 9. The van der Waals surface area contributed by atoms with Gasteiger partial charge in [-0.25, -0.2) is 0 Å². The highest BCUT2D eigenvalue weighted by Crippen LogP contribution is 2.59. The van der Waals surface area contributed by atoms with Gasteiger partial charge in [-0.2, -0.15) is 0 Å². The van der Waals surface area contributed by atoms with E-state index >= 15 is 0 Å². The fraction of sp³-hybridized carbons (Fsp3) is 0.182. The SMILES string of the molecule is C1=CCC(Nc2c(C3=C(N4c5cc(-n6c7c(c8c6CCC=C8)C=CCC7)ccc5B5c6ccc(-n7c8ccccc8c8ccccc87)cc6N(C6C(c7cccc(C8=CCCC=C8)c7Nc7ccccc7)=CC=CC6c6cccc7c6N(c6ccccc6)C6CC=CCC76)c6cc(-c7ccccc7)cc4c65)C(C4C=CC=C(C5=CCCCC5)C4NC4C=CC=CC4)=CCC3)cccc2-c2ccccc2)C=C1. The number of benzene rings is 12. The molecule has 5 heterocycles. The maximum atomic E-state index is 4.56. The fourth-order valence-corrected chi connectivity index (χ4v) is 26.4. The molecule has 8 atom stereocenters. The van der Waals surface area contributed by atoms with Crippen LogP contribution in [0.15, 0.2) is 435 Å². The van der Waals surface area contributed by atoms with E-state index < -0.39 is 6.04 Å². The van der Waals surface area contributed by atoms with Crippen LogP contribution in [0.4, 0.5) is 51.2 Å². The Bertz CT molecular complexity index is 7860. The summed E-state index contributed by atoms with van der Waals surface area (Å²) in [6, 6.07) is 106. The molecule has 0 bridgehead atoms. The number of nitrogens with zero attached hydrogens (tertiary/aromatic N) is 5. The first-order valence-electron chi connectivity index (χ1n) is 51.9. The molecule has 0 saturated carbocycles. The van der Waals surface area contributed by atoms with Crippen LogP contribution >= 0.6 is 0 Å². The summed E-state index contributed by atoms with van der Waals surface area (Å²) in [5, 5.41) is 15.7. The Hall–Kier alpha value is -15.4. The molecule has 0 fully saturated rings. The summed E-state index contributed by atoms with van der Waals surface area (Å²) in [5.41, 5.74) is 44.8. The Morgan fingerprint density at radius 3 is 1.74 bits per heavy atom. The van der Waals surface area contributed by atoms with Crippen LogP contribution in [0.1, 0.15) is 152 Å². The van der Waals surface area contributed by atoms with Gasteiger partial charge in [0.15, 0.2) is 0 Å². The van der Waals surface area contributed by atoms with E-state index in [4.69, 9.17) is 0 Å². The van der Waals surface area contributed by atoms with E-state index in [1.807, 2.05) is 0 Å². The minimum absolute atomic E-state index is 0.0363. The molecule has 12 aromatic carbocycles. The van der Waals surface area contributed by atoms with Crippen molar-refractivity contribution < 1.29 is 0 Å². The van der Waals surface area contributed by atoms with Gasteiger partial charge in [-0.1, -0.05) is 352 Å². The number of rotatable bonds is 19. The second-order valence-corrected chi connectivity index (χ2v) is 40.4. The minimum Gasteiger partial charge on any atom is -0.378 e. The average molecular weight is 1820 g/mol. The van der Waals surface area contributed by atoms with Crippen LogP contribution in [0.3, 0.4) is 0 Å². The largest absolute Gasteiger partial charge is 0.378 e. The quantitative estimate of drug-likeness (QED) is 0.0554. The standard InChI is InChI=1S/C132H113BN8/c1-9-41-87(42-10-1)91-83-124-126-125(84-91)141(132-112(108-67-37-64-100(90-47-15-4-16-48-90)129(108)136-94-53-21-7-22-54-94)71-40-73-114(132)113-72-38-68-109-105-61-29-34-78-121(105)139(130(109)113)95-55-23-8-24-56-95)123-86-97(138-119-76-32-27-59-103(119)104-60-28-33-77-120(104)138)80-82-116(123)133(126)115-81-79-96(137-117-74-30-25-57-101(117)102-58-26-31-75-118(102)137)85-122(115)140(124)131-110(106-65-35-62-98(88-43-11-2-12-44-88)127(106)134-92-49-17-5-18-50-92)69-39-70-111(131)107-66-36-63-99(89-45-13-3-14-46-89)128(107)135-93-51-19-6-20-52-93/h1-2,5-12,15,17-29,32-38,40-45,47-49,51,53-60,62-68,70-73,76-77,79-86,92-93,105,107,114,121,128,132,134-136H,3-4,13-14,16,30-31,39,46,50,52,61,69,74-75,78H2. The zero-order valence-electron chi connectivity index (χ0n) is 79.7. The van der Waals surface area contributed by atoms with Gasteiger partial charge in [0.2, 0.25) is 0 Å². The number of hydrogen-bond donors (Lipinski definition) is 3. The molecular formula is C132H113BN8. The van der Waals surface area contributed by atoms with Gasteiger partial charge >= 0.3 is 0 Å². The van der Waals surface area contributed by atoms with Crippen LogP contribution in [0, 0.1) is 5.92 Å². The third kappa shape index (κ3) is 14.6. The molecule has 684 valence electrons. The van der Waals surface area contributed by atoms with Gasteiger partial charge in [0.1, 0.15) is 0 Å². The van der Waals surface area contributed by atoms with Crippen molar-refractivity contribution in [3.8, 4) is 33.6 Å². The van der Waals surface area contributed by atoms with Gasteiger partial charge < -0.3 is 39.8 Å². The summed E-state index contributed by atoms with van der Waals surface area (Å²) < 4.78 is 5.32. The second kappa shape index (κ2) is 36.1. The first-order chi connectivity index (χ1) is 70.0. The van der Waals surface area contributed by atoms with Crippen molar-refractivity contribution in [3.63, 3.8) is 0 Å². The molecule has 0 amide bonds. The molecule has 3 aliphatic heterocycles. The highest BCUT2D eigenvalue weighted by Gasteiger charge is 2.52. The first-order valence-corrected chi connectivity index (χ1v) is 51.9. The molecular weight excluding hydrogens is 1710 g/mol. The Morgan fingerprint density at radius 2 is 1.01 bits per heavy atom. The van der Waals surface area contributed by atoms with Crippen LogP contribution in [-0.4, -0.2) is 46.1 Å². The van der Waals surface area contributed by atoms with Crippen molar-refractivity contribution in [2.24, 2.45) is 5.92 Å². The zero-order chi connectivity index (χ0) is 93.0. The lowest BCUT2D eigenvalue weighted by atomic mass is 9.33. The maximum absolute atomic E-state index is 4.56. The molecule has 8 nitrogen and oxygen atoms in total. The summed E-state index contributed by atoms with van der Waals surface area (Å²) in [6.45, 7) is -0.316. The van der Waals surface area contributed by atoms with Crippen molar-refractivity contribution in [2.45, 2.75) is 145 Å². The second-order valence-electron chi connectivity index (χ2n) is 40.4. The average Bonchev–Trinajstić information content (AvgIpc) is 0.815. The maximum Gasteiger partial charge on any atom is 0.252 e. The predicted molar refractivity (Wildman–Crippen MR) is 595 cm³/mol. The molecule has 10 aliphatic carbocycles. The molecule has 9 heteroatoms. The molecule has 0 radical (unpaired) electrons. The van der Waals surface area contributed by atoms with Gasteiger partial charge in [-0.15, -0.1) is 0 Å². The third-order valence-electron chi connectivity index (χ3n) is 32.5. The van der Waals surface area contributed by atoms with Crippen molar-refractivity contribution in [1.82, 2.24) is 14.5 Å². The van der Waals surface area contributed by atoms with Gasteiger partial charge in [0, 0.05) is 149 Å². The lowest BCUT2D eigenvalue weighted by Crippen LogP contribution is -2.63. The van der Waals surface area contributed by atoms with E-state index in [0.717, 1.165) is 129 Å². The molecule has 0 saturated heterocycles. The number of allylic oxidation sites excluding steroid dienone is 19. The van der Waals surface area contributed by atoms with Crippen LogP contribution in [0.25, 0.3) is 84.3 Å². The Balaban J connectivity index is 0.797. The van der Waals surface area contributed by atoms with E-state index in [1.54, 1.807) is 0 Å². The normalized spacial score (nSPS) is 21.5. The van der Waals surface area contributed by atoms with E-state index in [1.165, 1.54) is 186 Å². The summed E-state index contributed by atoms with van der Waals surface area (Å²) in [7, 11) is 0. The Morgan fingerprint density at radius 1 is 0.369 bits per heavy atom.